The maximum atomic E-state index is 12.3. The first-order chi connectivity index (χ1) is 11.6. The second-order valence-corrected chi connectivity index (χ2v) is 6.39. The number of piperidine rings is 1. The number of aromatic nitrogens is 3. The lowest BCUT2D eigenvalue weighted by atomic mass is 9.92. The fourth-order valence-corrected chi connectivity index (χ4v) is 3.16. The van der Waals surface area contributed by atoms with E-state index in [1.165, 1.54) is 0 Å². The summed E-state index contributed by atoms with van der Waals surface area (Å²) in [6.07, 6.45) is 6.70. The minimum Gasteiger partial charge on any atom is -0.386 e. The average Bonchev–Trinajstić information content (AvgIpc) is 3.08. The molecule has 128 valence electrons. The summed E-state index contributed by atoms with van der Waals surface area (Å²) in [5, 5.41) is 15.0. The molecule has 1 amide bonds. The highest BCUT2D eigenvalue weighted by molar-refractivity contribution is 5.75. The van der Waals surface area contributed by atoms with Gasteiger partial charge >= 0.3 is 0 Å². The van der Waals surface area contributed by atoms with Crippen molar-refractivity contribution in [3.8, 4) is 0 Å². The second-order valence-electron chi connectivity index (χ2n) is 6.39. The van der Waals surface area contributed by atoms with E-state index >= 15 is 0 Å². The van der Waals surface area contributed by atoms with Gasteiger partial charge in [0.2, 0.25) is 5.91 Å². The van der Waals surface area contributed by atoms with Gasteiger partial charge < -0.3 is 14.9 Å². The van der Waals surface area contributed by atoms with Crippen LogP contribution in [0, 0.1) is 0 Å². The van der Waals surface area contributed by atoms with Gasteiger partial charge in [0.25, 0.3) is 0 Å². The lowest BCUT2D eigenvalue weighted by molar-refractivity contribution is -0.134. The van der Waals surface area contributed by atoms with E-state index in [2.05, 4.69) is 15.0 Å². The third-order valence-corrected chi connectivity index (χ3v) is 4.34. The van der Waals surface area contributed by atoms with Gasteiger partial charge in [-0.2, -0.15) is 5.10 Å². The van der Waals surface area contributed by atoms with E-state index in [4.69, 9.17) is 0 Å². The topological polar surface area (TPSA) is 74.5 Å². The first-order valence-corrected chi connectivity index (χ1v) is 8.15. The number of amides is 1. The van der Waals surface area contributed by atoms with Crippen LogP contribution in [0.3, 0.4) is 0 Å². The fourth-order valence-electron chi connectivity index (χ4n) is 3.16. The summed E-state index contributed by atoms with van der Waals surface area (Å²) >= 11 is 0. The van der Waals surface area contributed by atoms with Gasteiger partial charge in [-0.15, -0.1) is 0 Å². The van der Waals surface area contributed by atoms with Crippen molar-refractivity contribution in [2.24, 2.45) is 0 Å². The van der Waals surface area contributed by atoms with Crippen molar-refractivity contribution < 1.29 is 9.90 Å². The molecule has 2 aromatic heterocycles. The number of aliphatic hydroxyl groups is 1. The number of rotatable bonds is 5. The molecule has 7 nitrogen and oxygen atoms in total. The molecule has 1 saturated heterocycles. The number of anilines is 1. The molecule has 3 heterocycles. The van der Waals surface area contributed by atoms with Crippen LogP contribution in [0.5, 0.6) is 0 Å². The van der Waals surface area contributed by atoms with Gasteiger partial charge in [0.05, 0.1) is 12.1 Å². The minimum absolute atomic E-state index is 0.0675. The van der Waals surface area contributed by atoms with Crippen molar-refractivity contribution in [1.82, 2.24) is 19.7 Å². The molecule has 2 aromatic rings. The largest absolute Gasteiger partial charge is 0.386 e. The second kappa shape index (κ2) is 7.00. The summed E-state index contributed by atoms with van der Waals surface area (Å²) < 4.78 is 1.59. The van der Waals surface area contributed by atoms with Gasteiger partial charge in [0.15, 0.2) is 0 Å². The predicted octanol–water partition coefficient (Wildman–Crippen LogP) is 0.768. The van der Waals surface area contributed by atoms with Crippen molar-refractivity contribution >= 4 is 11.7 Å². The Bertz CT molecular complexity index is 661. The summed E-state index contributed by atoms with van der Waals surface area (Å²) in [5.41, 5.74) is -0.926. The molecule has 0 unspecified atom stereocenters. The molecule has 24 heavy (non-hydrogen) atoms. The number of hydrogen-bond donors (Lipinski definition) is 1. The predicted molar refractivity (Wildman–Crippen MR) is 90.5 cm³/mol. The Labute approximate surface area is 141 Å². The summed E-state index contributed by atoms with van der Waals surface area (Å²) in [4.78, 5) is 20.3. The summed E-state index contributed by atoms with van der Waals surface area (Å²) in [6, 6.07) is 7.54. The summed E-state index contributed by atoms with van der Waals surface area (Å²) in [7, 11) is 1.73. The van der Waals surface area contributed by atoms with Crippen LogP contribution in [-0.2, 0) is 11.3 Å². The van der Waals surface area contributed by atoms with E-state index in [0.717, 1.165) is 18.8 Å². The van der Waals surface area contributed by atoms with E-state index in [0.29, 0.717) is 19.5 Å². The Balaban J connectivity index is 1.61. The van der Waals surface area contributed by atoms with E-state index < -0.39 is 5.60 Å². The van der Waals surface area contributed by atoms with Crippen LogP contribution in [0.4, 0.5) is 5.82 Å². The van der Waals surface area contributed by atoms with Gasteiger partial charge in [-0.1, -0.05) is 6.07 Å². The Morgan fingerprint density at radius 3 is 2.96 bits per heavy atom. The fraction of sp³-hybridized carbons (Fsp3) is 0.471. The zero-order valence-corrected chi connectivity index (χ0v) is 13.9. The SMILES string of the molecule is CN(C[C@@]1(O)CCCN(c2ccccn2)C1)C(=O)Cn1cccn1. The molecule has 1 N–H and O–H groups in total. The van der Waals surface area contributed by atoms with E-state index in [1.54, 1.807) is 41.3 Å². The van der Waals surface area contributed by atoms with E-state index in [-0.39, 0.29) is 12.5 Å². The highest BCUT2D eigenvalue weighted by Crippen LogP contribution is 2.25. The third kappa shape index (κ3) is 3.91. The molecule has 1 fully saturated rings. The highest BCUT2D eigenvalue weighted by atomic mass is 16.3. The molecule has 0 bridgehead atoms. The highest BCUT2D eigenvalue weighted by Gasteiger charge is 2.35. The normalized spacial score (nSPS) is 20.8. The number of likely N-dealkylation sites (N-methyl/N-ethyl adjacent to an activating group) is 1. The van der Waals surface area contributed by atoms with Gasteiger partial charge in [-0.25, -0.2) is 4.98 Å². The molecule has 0 aliphatic carbocycles. The molecular formula is C17H23N5O2. The number of hydrogen-bond acceptors (Lipinski definition) is 5. The van der Waals surface area contributed by atoms with Gasteiger partial charge in [-0.3, -0.25) is 9.48 Å². The first-order valence-electron chi connectivity index (χ1n) is 8.15. The van der Waals surface area contributed by atoms with Crippen LogP contribution in [0.1, 0.15) is 12.8 Å². The Kier molecular flexibility index (Phi) is 4.80. The lowest BCUT2D eigenvalue weighted by Crippen LogP contribution is -2.55. The number of pyridine rings is 1. The van der Waals surface area contributed by atoms with Crippen LogP contribution in [-0.4, -0.2) is 63.0 Å². The van der Waals surface area contributed by atoms with Crippen molar-refractivity contribution in [2.75, 3.05) is 31.6 Å². The van der Waals surface area contributed by atoms with Gasteiger partial charge in [-0.05, 0) is 31.0 Å². The maximum Gasteiger partial charge on any atom is 0.244 e. The Morgan fingerprint density at radius 1 is 1.38 bits per heavy atom. The molecular weight excluding hydrogens is 306 g/mol. The van der Waals surface area contributed by atoms with Crippen molar-refractivity contribution in [3.63, 3.8) is 0 Å². The monoisotopic (exact) mass is 329 g/mol. The molecule has 3 rings (SSSR count). The van der Waals surface area contributed by atoms with Crippen LogP contribution < -0.4 is 4.90 Å². The zero-order valence-electron chi connectivity index (χ0n) is 13.9. The molecule has 0 spiro atoms. The Morgan fingerprint density at radius 2 is 2.25 bits per heavy atom. The van der Waals surface area contributed by atoms with Crippen LogP contribution in [0.25, 0.3) is 0 Å². The minimum atomic E-state index is -0.926. The summed E-state index contributed by atoms with van der Waals surface area (Å²) in [6.45, 7) is 1.83. The number of β-amino-alcohol motifs (C(OH)–C–C–N with tert-alkyl or cyclic N) is 1. The van der Waals surface area contributed by atoms with Crippen LogP contribution in [0.2, 0.25) is 0 Å². The van der Waals surface area contributed by atoms with E-state index in [1.807, 2.05) is 18.2 Å². The van der Waals surface area contributed by atoms with Gasteiger partial charge in [0, 0.05) is 38.7 Å². The van der Waals surface area contributed by atoms with Gasteiger partial charge in [0.1, 0.15) is 12.4 Å². The average molecular weight is 329 g/mol. The molecule has 0 aromatic carbocycles. The molecule has 7 heteroatoms. The first kappa shape index (κ1) is 16.4. The van der Waals surface area contributed by atoms with Crippen molar-refractivity contribution in [1.29, 1.82) is 0 Å². The van der Waals surface area contributed by atoms with Crippen molar-refractivity contribution in [3.05, 3.63) is 42.9 Å². The van der Waals surface area contributed by atoms with E-state index in [9.17, 15) is 9.90 Å². The number of nitrogens with zero attached hydrogens (tertiary/aromatic N) is 5. The smallest absolute Gasteiger partial charge is 0.244 e. The number of carbonyl (C=O) groups excluding carboxylic acids is 1. The van der Waals surface area contributed by atoms with Crippen LogP contribution >= 0.6 is 0 Å². The molecule has 1 aliphatic rings. The molecule has 0 radical (unpaired) electrons. The quantitative estimate of drug-likeness (QED) is 0.877. The molecule has 0 saturated carbocycles. The third-order valence-electron chi connectivity index (χ3n) is 4.34. The van der Waals surface area contributed by atoms with Crippen molar-refractivity contribution in [2.45, 2.75) is 25.0 Å². The zero-order chi connectivity index (χ0) is 17.0. The maximum absolute atomic E-state index is 12.3. The summed E-state index contributed by atoms with van der Waals surface area (Å²) in [5.74, 6) is 0.795. The Hall–Kier alpha value is -2.41. The molecule has 1 atom stereocenters. The number of carbonyl (C=O) groups is 1. The van der Waals surface area contributed by atoms with Crippen LogP contribution in [0.15, 0.2) is 42.9 Å². The lowest BCUT2D eigenvalue weighted by Gasteiger charge is -2.41. The standard InChI is InChI=1S/C17H23N5O2/c1-20(16(23)12-22-11-5-9-19-22)13-17(24)7-4-10-21(14-17)15-6-2-3-8-18-15/h2-3,5-6,8-9,11,24H,4,7,10,12-14H2,1H3/t17-/m0/s1. The molecule has 1 aliphatic heterocycles.